The maximum absolute atomic E-state index is 13.2. The van der Waals surface area contributed by atoms with Gasteiger partial charge in [-0.15, -0.1) is 11.3 Å². The number of para-hydroxylation sites is 1. The number of carbonyl (C=O) groups is 1. The average molecular weight is 448 g/mol. The number of rotatable bonds is 4. The Hall–Kier alpha value is -3.10. The SMILES string of the molecule is CCn1cc(C(=O)N2CCN(Cc3nc4ccccc4s3)CC2)c(=O)c2ccc(C)nc21. The summed E-state index contributed by atoms with van der Waals surface area (Å²) in [5.74, 6) is -0.195. The van der Waals surface area contributed by atoms with Gasteiger partial charge in [-0.3, -0.25) is 14.5 Å². The summed E-state index contributed by atoms with van der Waals surface area (Å²) in [6.07, 6.45) is 1.67. The van der Waals surface area contributed by atoms with Gasteiger partial charge in [-0.05, 0) is 38.1 Å². The molecular weight excluding hydrogens is 422 g/mol. The summed E-state index contributed by atoms with van der Waals surface area (Å²) in [6.45, 7) is 8.03. The lowest BCUT2D eigenvalue weighted by atomic mass is 10.1. The fourth-order valence-corrected chi connectivity index (χ4v) is 5.22. The van der Waals surface area contributed by atoms with Crippen LogP contribution in [0, 0.1) is 6.92 Å². The van der Waals surface area contributed by atoms with E-state index in [2.05, 4.69) is 16.0 Å². The molecule has 1 aromatic carbocycles. The molecule has 1 aliphatic rings. The Morgan fingerprint density at radius 1 is 1.06 bits per heavy atom. The van der Waals surface area contributed by atoms with Gasteiger partial charge in [0.1, 0.15) is 16.2 Å². The fraction of sp³-hybridized carbons (Fsp3) is 0.333. The van der Waals surface area contributed by atoms with E-state index in [-0.39, 0.29) is 16.9 Å². The number of aryl methyl sites for hydroxylation is 2. The molecule has 5 rings (SSSR count). The van der Waals surface area contributed by atoms with Crippen LogP contribution in [0.2, 0.25) is 0 Å². The third-order valence-electron chi connectivity index (χ3n) is 5.99. The zero-order valence-electron chi connectivity index (χ0n) is 18.2. The van der Waals surface area contributed by atoms with Gasteiger partial charge in [0.25, 0.3) is 5.91 Å². The van der Waals surface area contributed by atoms with Gasteiger partial charge in [-0.1, -0.05) is 12.1 Å². The van der Waals surface area contributed by atoms with Crippen LogP contribution in [0.3, 0.4) is 0 Å². The summed E-state index contributed by atoms with van der Waals surface area (Å²) >= 11 is 1.72. The molecule has 32 heavy (non-hydrogen) atoms. The van der Waals surface area contributed by atoms with Crippen molar-refractivity contribution in [3.8, 4) is 0 Å². The average Bonchev–Trinajstić information content (AvgIpc) is 3.22. The van der Waals surface area contributed by atoms with Gasteiger partial charge in [-0.2, -0.15) is 0 Å². The summed E-state index contributed by atoms with van der Waals surface area (Å²) in [5.41, 5.74) is 2.51. The molecule has 0 atom stereocenters. The Morgan fingerprint density at radius 2 is 1.84 bits per heavy atom. The Kier molecular flexibility index (Phi) is 5.48. The number of hydrogen-bond donors (Lipinski definition) is 0. The molecule has 3 aromatic heterocycles. The molecule has 8 heteroatoms. The number of carbonyl (C=O) groups excluding carboxylic acids is 1. The van der Waals surface area contributed by atoms with Crippen LogP contribution >= 0.6 is 11.3 Å². The van der Waals surface area contributed by atoms with Crippen LogP contribution in [0.15, 0.2) is 47.4 Å². The van der Waals surface area contributed by atoms with Gasteiger partial charge in [0.05, 0.1) is 22.1 Å². The predicted molar refractivity (Wildman–Crippen MR) is 127 cm³/mol. The largest absolute Gasteiger partial charge is 0.336 e. The van der Waals surface area contributed by atoms with E-state index in [1.807, 2.05) is 42.7 Å². The normalized spacial score (nSPS) is 15.0. The maximum Gasteiger partial charge on any atom is 0.259 e. The van der Waals surface area contributed by atoms with Crippen LogP contribution in [-0.4, -0.2) is 56.4 Å². The Morgan fingerprint density at radius 3 is 2.59 bits per heavy atom. The summed E-state index contributed by atoms with van der Waals surface area (Å²) in [4.78, 5) is 39.7. The predicted octanol–water partition coefficient (Wildman–Crippen LogP) is 3.29. The maximum atomic E-state index is 13.2. The third-order valence-corrected chi connectivity index (χ3v) is 7.01. The second-order valence-corrected chi connectivity index (χ2v) is 9.24. The van der Waals surface area contributed by atoms with Gasteiger partial charge in [0, 0.05) is 44.6 Å². The van der Waals surface area contributed by atoms with Gasteiger partial charge >= 0.3 is 0 Å². The molecule has 0 spiro atoms. The van der Waals surface area contributed by atoms with Crippen molar-refractivity contribution in [3.05, 3.63) is 69.1 Å². The van der Waals surface area contributed by atoms with Crippen molar-refractivity contribution in [2.45, 2.75) is 26.9 Å². The number of nitrogens with zero attached hydrogens (tertiary/aromatic N) is 5. The lowest BCUT2D eigenvalue weighted by Crippen LogP contribution is -2.49. The molecular formula is C24H25N5O2S. The minimum absolute atomic E-state index is 0.195. The van der Waals surface area contributed by atoms with Crippen LogP contribution in [0.5, 0.6) is 0 Å². The minimum Gasteiger partial charge on any atom is -0.336 e. The quantitative estimate of drug-likeness (QED) is 0.480. The molecule has 0 saturated carbocycles. The van der Waals surface area contributed by atoms with Crippen molar-refractivity contribution in [3.63, 3.8) is 0 Å². The van der Waals surface area contributed by atoms with Crippen molar-refractivity contribution >= 4 is 38.5 Å². The van der Waals surface area contributed by atoms with Crippen LogP contribution in [0.4, 0.5) is 0 Å². The molecule has 1 fully saturated rings. The lowest BCUT2D eigenvalue weighted by Gasteiger charge is -2.34. The van der Waals surface area contributed by atoms with Gasteiger partial charge in [-0.25, -0.2) is 9.97 Å². The molecule has 1 amide bonds. The first-order chi connectivity index (χ1) is 15.5. The second kappa shape index (κ2) is 8.44. The highest BCUT2D eigenvalue weighted by molar-refractivity contribution is 7.18. The highest BCUT2D eigenvalue weighted by Crippen LogP contribution is 2.23. The number of fused-ring (bicyclic) bond motifs is 2. The fourth-order valence-electron chi connectivity index (χ4n) is 4.21. The first-order valence-electron chi connectivity index (χ1n) is 10.9. The Labute approximate surface area is 189 Å². The van der Waals surface area contributed by atoms with Crippen molar-refractivity contribution in [2.24, 2.45) is 0 Å². The smallest absolute Gasteiger partial charge is 0.259 e. The highest BCUT2D eigenvalue weighted by atomic mass is 32.1. The number of hydrogen-bond acceptors (Lipinski definition) is 6. The first kappa shape index (κ1) is 20.8. The van der Waals surface area contributed by atoms with Crippen LogP contribution in [-0.2, 0) is 13.1 Å². The first-order valence-corrected chi connectivity index (χ1v) is 11.7. The van der Waals surface area contributed by atoms with E-state index >= 15 is 0 Å². The standard InChI is InChI=1S/C24H25N5O2S/c1-3-28-14-18(22(30)17-9-8-16(2)25-23(17)28)24(31)29-12-10-27(11-13-29)15-21-26-19-6-4-5-7-20(19)32-21/h4-9,14H,3,10-13,15H2,1-2H3. The molecule has 164 valence electrons. The molecule has 0 N–H and O–H groups in total. The van der Waals surface area contributed by atoms with Crippen molar-refractivity contribution in [1.29, 1.82) is 0 Å². The zero-order chi connectivity index (χ0) is 22.2. The Bertz CT molecular complexity index is 1340. The van der Waals surface area contributed by atoms with E-state index in [9.17, 15) is 9.59 Å². The van der Waals surface area contributed by atoms with Crippen LogP contribution in [0.25, 0.3) is 21.3 Å². The summed E-state index contributed by atoms with van der Waals surface area (Å²) in [6, 6.07) is 11.8. The molecule has 4 aromatic rings. The molecule has 7 nitrogen and oxygen atoms in total. The van der Waals surface area contributed by atoms with Gasteiger partial charge < -0.3 is 9.47 Å². The minimum atomic E-state index is -0.237. The number of benzene rings is 1. The van der Waals surface area contributed by atoms with E-state index < -0.39 is 0 Å². The van der Waals surface area contributed by atoms with E-state index in [0.29, 0.717) is 30.7 Å². The highest BCUT2D eigenvalue weighted by Gasteiger charge is 2.25. The number of amides is 1. The topological polar surface area (TPSA) is 71.3 Å². The van der Waals surface area contributed by atoms with Crippen molar-refractivity contribution in [2.75, 3.05) is 26.2 Å². The summed E-state index contributed by atoms with van der Waals surface area (Å²) < 4.78 is 3.09. The molecule has 1 saturated heterocycles. The molecule has 1 aliphatic heterocycles. The van der Waals surface area contributed by atoms with E-state index in [0.717, 1.165) is 35.9 Å². The summed E-state index contributed by atoms with van der Waals surface area (Å²) in [5, 5.41) is 1.59. The number of pyridine rings is 2. The van der Waals surface area contributed by atoms with E-state index in [4.69, 9.17) is 4.98 Å². The van der Waals surface area contributed by atoms with Crippen LogP contribution in [0.1, 0.15) is 28.0 Å². The monoisotopic (exact) mass is 447 g/mol. The molecule has 0 bridgehead atoms. The van der Waals surface area contributed by atoms with Crippen molar-refractivity contribution < 1.29 is 4.79 Å². The van der Waals surface area contributed by atoms with Crippen molar-refractivity contribution in [1.82, 2.24) is 24.3 Å². The number of aromatic nitrogens is 3. The lowest BCUT2D eigenvalue weighted by molar-refractivity contribution is 0.0626. The zero-order valence-corrected chi connectivity index (χ0v) is 19.1. The van der Waals surface area contributed by atoms with Gasteiger partial charge in [0.2, 0.25) is 5.43 Å². The van der Waals surface area contributed by atoms with Gasteiger partial charge in [0.15, 0.2) is 0 Å². The summed E-state index contributed by atoms with van der Waals surface area (Å²) in [7, 11) is 0. The Balaban J connectivity index is 1.32. The molecule has 0 aliphatic carbocycles. The third kappa shape index (κ3) is 3.80. The van der Waals surface area contributed by atoms with Crippen LogP contribution < -0.4 is 5.43 Å². The molecule has 0 unspecified atom stereocenters. The number of thiazole rings is 1. The molecule has 4 heterocycles. The number of piperazine rings is 1. The van der Waals surface area contributed by atoms with E-state index in [1.54, 1.807) is 28.5 Å². The molecule has 0 radical (unpaired) electrons. The van der Waals surface area contributed by atoms with E-state index in [1.165, 1.54) is 4.70 Å². The second-order valence-electron chi connectivity index (χ2n) is 8.13.